The maximum atomic E-state index is 11.3. The summed E-state index contributed by atoms with van der Waals surface area (Å²) in [6.07, 6.45) is 5.94. The van der Waals surface area contributed by atoms with Gasteiger partial charge in [0.2, 0.25) is 5.60 Å². The molecule has 0 bridgehead atoms. The average Bonchev–Trinajstić information content (AvgIpc) is 2.82. The van der Waals surface area contributed by atoms with Gasteiger partial charge >= 0.3 is 5.97 Å². The number of aliphatic hydroxyl groups is 1. The van der Waals surface area contributed by atoms with Crippen LogP contribution in [0.1, 0.15) is 37.9 Å². The van der Waals surface area contributed by atoms with E-state index in [1.165, 1.54) is 12.3 Å². The Kier molecular flexibility index (Phi) is 3.01. The van der Waals surface area contributed by atoms with E-state index < -0.39 is 11.6 Å². The van der Waals surface area contributed by atoms with Crippen molar-refractivity contribution in [2.45, 2.75) is 37.7 Å². The molecule has 1 fully saturated rings. The lowest BCUT2D eigenvalue weighted by atomic mass is 9.75. The molecule has 1 aliphatic carbocycles. The highest BCUT2D eigenvalue weighted by molar-refractivity contribution is 5.78. The molecular weight excluding hydrogens is 208 g/mol. The van der Waals surface area contributed by atoms with E-state index in [0.717, 1.165) is 32.1 Å². The topological polar surface area (TPSA) is 70.7 Å². The molecule has 1 saturated carbocycles. The molecule has 0 saturated heterocycles. The second kappa shape index (κ2) is 4.29. The Morgan fingerprint density at radius 2 is 2.06 bits per heavy atom. The van der Waals surface area contributed by atoms with E-state index in [4.69, 9.17) is 4.42 Å². The monoisotopic (exact) mass is 224 g/mol. The van der Waals surface area contributed by atoms with Crippen LogP contribution in [-0.2, 0) is 10.4 Å². The summed E-state index contributed by atoms with van der Waals surface area (Å²) in [5, 5.41) is 19.6. The molecule has 0 spiro atoms. The number of aliphatic carboxylic acids is 1. The lowest BCUT2D eigenvalue weighted by Crippen LogP contribution is -2.43. The lowest BCUT2D eigenvalue weighted by Gasteiger charge is -2.33. The highest BCUT2D eigenvalue weighted by Gasteiger charge is 2.48. The largest absolute Gasteiger partial charge is 0.479 e. The van der Waals surface area contributed by atoms with E-state index in [2.05, 4.69) is 0 Å². The standard InChI is InChI=1S/C12H16O4/c13-11(14)12(15,10-7-4-8-16-10)9-5-2-1-3-6-9/h4,7-9,15H,1-3,5-6H2,(H,13,14). The first kappa shape index (κ1) is 11.2. The third kappa shape index (κ3) is 1.73. The normalized spacial score (nSPS) is 21.6. The van der Waals surface area contributed by atoms with Crippen LogP contribution in [0.3, 0.4) is 0 Å². The van der Waals surface area contributed by atoms with Crippen LogP contribution in [0.2, 0.25) is 0 Å². The third-order valence-electron chi connectivity index (χ3n) is 3.42. The first-order valence-corrected chi connectivity index (χ1v) is 5.65. The molecule has 0 aliphatic heterocycles. The summed E-state index contributed by atoms with van der Waals surface area (Å²) < 4.78 is 5.08. The predicted molar refractivity (Wildman–Crippen MR) is 56.8 cm³/mol. The number of hydrogen-bond acceptors (Lipinski definition) is 3. The Morgan fingerprint density at radius 3 is 2.56 bits per heavy atom. The first-order valence-electron chi connectivity index (χ1n) is 5.65. The molecule has 0 radical (unpaired) electrons. The molecule has 4 nitrogen and oxygen atoms in total. The van der Waals surface area contributed by atoms with Crippen LogP contribution < -0.4 is 0 Å². The van der Waals surface area contributed by atoms with E-state index in [0.29, 0.717) is 0 Å². The molecule has 4 heteroatoms. The molecule has 0 aromatic carbocycles. The van der Waals surface area contributed by atoms with Gasteiger partial charge in [-0.25, -0.2) is 4.79 Å². The Morgan fingerprint density at radius 1 is 1.38 bits per heavy atom. The molecule has 1 aromatic rings. The van der Waals surface area contributed by atoms with Gasteiger partial charge < -0.3 is 14.6 Å². The molecule has 16 heavy (non-hydrogen) atoms. The molecule has 1 unspecified atom stereocenters. The van der Waals surface area contributed by atoms with Crippen molar-refractivity contribution < 1.29 is 19.4 Å². The minimum atomic E-state index is -1.86. The third-order valence-corrected chi connectivity index (χ3v) is 3.42. The molecule has 2 rings (SSSR count). The molecule has 2 N–H and O–H groups in total. The SMILES string of the molecule is O=C(O)C(O)(c1ccco1)C1CCCCC1. The van der Waals surface area contributed by atoms with Crippen molar-refractivity contribution in [2.24, 2.45) is 5.92 Å². The fourth-order valence-corrected chi connectivity index (χ4v) is 2.50. The number of rotatable bonds is 3. The molecular formula is C12H16O4. The van der Waals surface area contributed by atoms with Crippen molar-refractivity contribution in [1.29, 1.82) is 0 Å². The minimum Gasteiger partial charge on any atom is -0.479 e. The van der Waals surface area contributed by atoms with Crippen molar-refractivity contribution in [1.82, 2.24) is 0 Å². The smallest absolute Gasteiger partial charge is 0.344 e. The van der Waals surface area contributed by atoms with Gasteiger partial charge in [0, 0.05) is 5.92 Å². The zero-order chi connectivity index (χ0) is 11.6. The van der Waals surface area contributed by atoms with Crippen LogP contribution in [0.15, 0.2) is 22.8 Å². The zero-order valence-electron chi connectivity index (χ0n) is 9.06. The van der Waals surface area contributed by atoms with Gasteiger partial charge in [-0.15, -0.1) is 0 Å². The summed E-state index contributed by atoms with van der Waals surface area (Å²) in [7, 11) is 0. The van der Waals surface area contributed by atoms with E-state index in [-0.39, 0.29) is 11.7 Å². The molecule has 0 amide bonds. The second-order valence-corrected chi connectivity index (χ2v) is 4.38. The molecule has 1 aliphatic rings. The highest BCUT2D eigenvalue weighted by atomic mass is 16.4. The summed E-state index contributed by atoms with van der Waals surface area (Å²) in [6, 6.07) is 3.13. The van der Waals surface area contributed by atoms with Crippen molar-refractivity contribution >= 4 is 5.97 Å². The predicted octanol–water partition coefficient (Wildman–Crippen LogP) is 2.13. The Hall–Kier alpha value is -1.29. The van der Waals surface area contributed by atoms with Gasteiger partial charge in [-0.2, -0.15) is 0 Å². The molecule has 1 heterocycles. The quantitative estimate of drug-likeness (QED) is 0.825. The van der Waals surface area contributed by atoms with E-state index >= 15 is 0 Å². The van der Waals surface area contributed by atoms with Gasteiger partial charge in [0.1, 0.15) is 5.76 Å². The fraction of sp³-hybridized carbons (Fsp3) is 0.583. The summed E-state index contributed by atoms with van der Waals surface area (Å²) >= 11 is 0. The summed E-state index contributed by atoms with van der Waals surface area (Å²) in [5.74, 6) is -1.31. The fourth-order valence-electron chi connectivity index (χ4n) is 2.50. The minimum absolute atomic E-state index is 0.145. The number of hydrogen-bond donors (Lipinski definition) is 2. The maximum absolute atomic E-state index is 11.3. The van der Waals surface area contributed by atoms with Crippen molar-refractivity contribution in [3.63, 3.8) is 0 Å². The zero-order valence-corrected chi connectivity index (χ0v) is 9.06. The lowest BCUT2D eigenvalue weighted by molar-refractivity contribution is -0.171. The Balaban J connectivity index is 2.31. The maximum Gasteiger partial charge on any atom is 0.344 e. The number of carboxylic acid groups (broad SMARTS) is 1. The summed E-state index contributed by atoms with van der Waals surface area (Å²) in [6.45, 7) is 0. The van der Waals surface area contributed by atoms with Crippen LogP contribution in [0, 0.1) is 5.92 Å². The highest BCUT2D eigenvalue weighted by Crippen LogP contribution is 2.39. The summed E-state index contributed by atoms with van der Waals surface area (Å²) in [5.41, 5.74) is -1.86. The molecule has 1 atom stereocenters. The van der Waals surface area contributed by atoms with Crippen molar-refractivity contribution in [3.8, 4) is 0 Å². The number of carboxylic acids is 1. The Bertz CT molecular complexity index is 351. The van der Waals surface area contributed by atoms with Gasteiger partial charge in [0.25, 0.3) is 0 Å². The first-order chi connectivity index (χ1) is 7.65. The van der Waals surface area contributed by atoms with Gasteiger partial charge in [-0.05, 0) is 25.0 Å². The van der Waals surface area contributed by atoms with Gasteiger partial charge in [0.05, 0.1) is 6.26 Å². The number of furan rings is 1. The summed E-state index contributed by atoms with van der Waals surface area (Å²) in [4.78, 5) is 11.3. The van der Waals surface area contributed by atoms with Gasteiger partial charge in [0.15, 0.2) is 0 Å². The van der Waals surface area contributed by atoms with Crippen molar-refractivity contribution in [3.05, 3.63) is 24.2 Å². The van der Waals surface area contributed by atoms with Gasteiger partial charge in [-0.3, -0.25) is 0 Å². The van der Waals surface area contributed by atoms with Crippen LogP contribution in [0.25, 0.3) is 0 Å². The van der Waals surface area contributed by atoms with Crippen LogP contribution in [0.4, 0.5) is 0 Å². The van der Waals surface area contributed by atoms with E-state index in [1.807, 2.05) is 0 Å². The number of carbonyl (C=O) groups is 1. The Labute approximate surface area is 93.9 Å². The van der Waals surface area contributed by atoms with Gasteiger partial charge in [-0.1, -0.05) is 19.3 Å². The van der Waals surface area contributed by atoms with E-state index in [9.17, 15) is 15.0 Å². The average molecular weight is 224 g/mol. The molecule has 1 aromatic heterocycles. The van der Waals surface area contributed by atoms with Crippen LogP contribution >= 0.6 is 0 Å². The van der Waals surface area contributed by atoms with Crippen LogP contribution in [-0.4, -0.2) is 16.2 Å². The van der Waals surface area contributed by atoms with Crippen molar-refractivity contribution in [2.75, 3.05) is 0 Å². The van der Waals surface area contributed by atoms with Crippen LogP contribution in [0.5, 0.6) is 0 Å². The van der Waals surface area contributed by atoms with E-state index in [1.54, 1.807) is 6.07 Å². The molecule has 88 valence electrons. The second-order valence-electron chi connectivity index (χ2n) is 4.38.